The van der Waals surface area contributed by atoms with Crippen molar-refractivity contribution in [3.05, 3.63) is 83.4 Å². The normalized spacial score (nSPS) is 13.5. The molecule has 2 nitrogen and oxygen atoms in total. The van der Waals surface area contributed by atoms with Gasteiger partial charge in [0, 0.05) is 5.39 Å². The van der Waals surface area contributed by atoms with Gasteiger partial charge in [-0.3, -0.25) is 0 Å². The van der Waals surface area contributed by atoms with Crippen molar-refractivity contribution in [1.82, 2.24) is 0 Å². The van der Waals surface area contributed by atoms with Crippen LogP contribution in [0.3, 0.4) is 0 Å². The molecule has 0 amide bonds. The number of phenols is 2. The lowest BCUT2D eigenvalue weighted by Gasteiger charge is -2.32. The molecule has 172 valence electrons. The molecule has 2 N–H and O–H groups in total. The maximum atomic E-state index is 10.9. The van der Waals surface area contributed by atoms with Crippen LogP contribution in [0.25, 0.3) is 21.5 Å². The lowest BCUT2D eigenvalue weighted by atomic mass is 9.73. The summed E-state index contributed by atoms with van der Waals surface area (Å²) in [5.41, 5.74) is 3.94. The van der Waals surface area contributed by atoms with Gasteiger partial charge in [-0.1, -0.05) is 84.0 Å². The van der Waals surface area contributed by atoms with E-state index in [0.717, 1.165) is 39.9 Å². The van der Waals surface area contributed by atoms with E-state index in [1.165, 1.54) is 11.1 Å². The average Bonchev–Trinajstić information content (AvgIpc) is 2.70. The molecule has 0 saturated heterocycles. The highest BCUT2D eigenvalue weighted by molar-refractivity contribution is 5.89. The first-order valence-corrected chi connectivity index (χ1v) is 11.9. The Morgan fingerprint density at radius 2 is 1.33 bits per heavy atom. The molecule has 4 aromatic rings. The Morgan fingerprint density at radius 3 is 2.03 bits per heavy atom. The topological polar surface area (TPSA) is 40.5 Å². The molecule has 0 spiro atoms. The molecule has 0 heterocycles. The standard InChI is InChI=1S/C31H36O2/c1-30(2,3)19-20-7-8-24-13-21(16-29(33)27(24)14-20)15-28(31(4,5)6)25-10-9-23-18-26(32)12-11-22(23)17-25/h7-14,16-18,28,32-33H,15,19H2,1-6H3. The van der Waals surface area contributed by atoms with Crippen LogP contribution in [-0.2, 0) is 12.8 Å². The van der Waals surface area contributed by atoms with E-state index < -0.39 is 0 Å². The average molecular weight is 441 g/mol. The van der Waals surface area contributed by atoms with E-state index in [-0.39, 0.29) is 16.7 Å². The number of hydrogen-bond donors (Lipinski definition) is 2. The van der Waals surface area contributed by atoms with Gasteiger partial charge in [0.05, 0.1) is 0 Å². The lowest BCUT2D eigenvalue weighted by molar-refractivity contribution is 0.318. The summed E-state index contributed by atoms with van der Waals surface area (Å²) in [6.45, 7) is 13.5. The molecule has 1 atom stereocenters. The van der Waals surface area contributed by atoms with Gasteiger partial charge >= 0.3 is 0 Å². The van der Waals surface area contributed by atoms with E-state index in [1.807, 2.05) is 12.1 Å². The number of hydrogen-bond acceptors (Lipinski definition) is 2. The van der Waals surface area contributed by atoms with Gasteiger partial charge in [0.15, 0.2) is 0 Å². The van der Waals surface area contributed by atoms with E-state index in [1.54, 1.807) is 12.1 Å². The van der Waals surface area contributed by atoms with Gasteiger partial charge < -0.3 is 10.2 Å². The fraction of sp³-hybridized carbons (Fsp3) is 0.355. The minimum absolute atomic E-state index is 0.0474. The molecule has 33 heavy (non-hydrogen) atoms. The van der Waals surface area contributed by atoms with Crippen molar-refractivity contribution in [2.75, 3.05) is 0 Å². The Labute approximate surface area is 197 Å². The van der Waals surface area contributed by atoms with Crippen LogP contribution in [0.4, 0.5) is 0 Å². The summed E-state index contributed by atoms with van der Waals surface area (Å²) in [5.74, 6) is 0.938. The third-order valence-corrected chi connectivity index (χ3v) is 6.53. The number of benzene rings is 4. The van der Waals surface area contributed by atoms with Crippen LogP contribution >= 0.6 is 0 Å². The Balaban J connectivity index is 1.70. The largest absolute Gasteiger partial charge is 0.508 e. The molecule has 0 radical (unpaired) electrons. The Kier molecular flexibility index (Phi) is 5.90. The van der Waals surface area contributed by atoms with Crippen molar-refractivity contribution in [2.24, 2.45) is 10.8 Å². The fourth-order valence-corrected chi connectivity index (χ4v) is 4.91. The predicted octanol–water partition coefficient (Wildman–Crippen LogP) is 8.37. The van der Waals surface area contributed by atoms with E-state index in [0.29, 0.717) is 11.5 Å². The monoisotopic (exact) mass is 440 g/mol. The molecule has 0 aliphatic rings. The van der Waals surface area contributed by atoms with Crippen molar-refractivity contribution < 1.29 is 10.2 Å². The van der Waals surface area contributed by atoms with Crippen LogP contribution in [0, 0.1) is 10.8 Å². The van der Waals surface area contributed by atoms with E-state index in [9.17, 15) is 10.2 Å². The van der Waals surface area contributed by atoms with Crippen LogP contribution in [0.15, 0.2) is 66.7 Å². The molecule has 4 aromatic carbocycles. The first kappa shape index (κ1) is 23.2. The fourth-order valence-electron chi connectivity index (χ4n) is 4.91. The van der Waals surface area contributed by atoms with Gasteiger partial charge in [-0.2, -0.15) is 0 Å². The first-order chi connectivity index (χ1) is 15.4. The Hall–Kier alpha value is -3.00. The number of fused-ring (bicyclic) bond motifs is 2. The molecule has 1 unspecified atom stereocenters. The zero-order valence-electron chi connectivity index (χ0n) is 20.7. The van der Waals surface area contributed by atoms with Crippen molar-refractivity contribution in [1.29, 1.82) is 0 Å². The lowest BCUT2D eigenvalue weighted by Crippen LogP contribution is -2.20. The molecule has 0 aliphatic heterocycles. The summed E-state index contributed by atoms with van der Waals surface area (Å²) in [6, 6.07) is 22.7. The van der Waals surface area contributed by atoms with Crippen molar-refractivity contribution in [2.45, 2.75) is 60.3 Å². The number of rotatable bonds is 4. The molecule has 4 rings (SSSR count). The van der Waals surface area contributed by atoms with Crippen LogP contribution in [-0.4, -0.2) is 10.2 Å². The molecule has 0 saturated carbocycles. The van der Waals surface area contributed by atoms with Gasteiger partial charge in [0.2, 0.25) is 0 Å². The zero-order valence-corrected chi connectivity index (χ0v) is 20.7. The SMILES string of the molecule is CC(C)(C)Cc1ccc2cc(CC(c3ccc4cc(O)ccc4c3)C(C)(C)C)cc(O)c2c1. The summed E-state index contributed by atoms with van der Waals surface area (Å²) in [5, 5.41) is 24.9. The molecule has 0 aliphatic carbocycles. The Morgan fingerprint density at radius 1 is 0.667 bits per heavy atom. The van der Waals surface area contributed by atoms with Gasteiger partial charge in [-0.25, -0.2) is 0 Å². The molecular formula is C31H36O2. The second kappa shape index (κ2) is 8.41. The van der Waals surface area contributed by atoms with Gasteiger partial charge in [-0.05, 0) is 86.7 Å². The molecule has 0 bridgehead atoms. The molecule has 2 heteroatoms. The highest BCUT2D eigenvalue weighted by Crippen LogP contribution is 2.40. The van der Waals surface area contributed by atoms with E-state index in [2.05, 4.69) is 84.0 Å². The maximum absolute atomic E-state index is 10.9. The third-order valence-electron chi connectivity index (χ3n) is 6.53. The molecule has 0 aromatic heterocycles. The Bertz CT molecular complexity index is 1300. The summed E-state index contributed by atoms with van der Waals surface area (Å²) < 4.78 is 0. The highest BCUT2D eigenvalue weighted by atomic mass is 16.3. The molecule has 0 fully saturated rings. The van der Waals surface area contributed by atoms with Crippen molar-refractivity contribution in [3.8, 4) is 11.5 Å². The quantitative estimate of drug-likeness (QED) is 0.335. The van der Waals surface area contributed by atoms with Crippen LogP contribution < -0.4 is 0 Å². The summed E-state index contributed by atoms with van der Waals surface area (Å²) >= 11 is 0. The van der Waals surface area contributed by atoms with Crippen LogP contribution in [0.2, 0.25) is 0 Å². The van der Waals surface area contributed by atoms with Crippen LogP contribution in [0.5, 0.6) is 11.5 Å². The summed E-state index contributed by atoms with van der Waals surface area (Å²) in [7, 11) is 0. The maximum Gasteiger partial charge on any atom is 0.123 e. The van der Waals surface area contributed by atoms with Crippen LogP contribution in [0.1, 0.15) is 64.2 Å². The minimum atomic E-state index is 0.0474. The van der Waals surface area contributed by atoms with Gasteiger partial charge in [-0.15, -0.1) is 0 Å². The predicted molar refractivity (Wildman–Crippen MR) is 140 cm³/mol. The third kappa shape index (κ3) is 5.33. The van der Waals surface area contributed by atoms with Crippen molar-refractivity contribution >= 4 is 21.5 Å². The smallest absolute Gasteiger partial charge is 0.123 e. The minimum Gasteiger partial charge on any atom is -0.508 e. The zero-order chi connectivity index (χ0) is 24.0. The van der Waals surface area contributed by atoms with Crippen molar-refractivity contribution in [3.63, 3.8) is 0 Å². The van der Waals surface area contributed by atoms with Gasteiger partial charge in [0.1, 0.15) is 11.5 Å². The molecular weight excluding hydrogens is 404 g/mol. The summed E-state index contributed by atoms with van der Waals surface area (Å²) in [4.78, 5) is 0. The van der Waals surface area contributed by atoms with E-state index >= 15 is 0 Å². The van der Waals surface area contributed by atoms with Gasteiger partial charge in [0.25, 0.3) is 0 Å². The first-order valence-electron chi connectivity index (χ1n) is 11.9. The summed E-state index contributed by atoms with van der Waals surface area (Å²) in [6.07, 6.45) is 1.83. The second-order valence-electron chi connectivity index (χ2n) is 11.8. The number of phenolic OH excluding ortho intramolecular Hbond substituents is 2. The highest BCUT2D eigenvalue weighted by Gasteiger charge is 2.27. The van der Waals surface area contributed by atoms with E-state index in [4.69, 9.17) is 0 Å². The second-order valence-corrected chi connectivity index (χ2v) is 11.8. The number of aromatic hydroxyl groups is 2.